The van der Waals surface area contributed by atoms with Gasteiger partial charge in [-0.25, -0.2) is 0 Å². The molecule has 0 amide bonds. The monoisotopic (exact) mass is 530 g/mol. The van der Waals surface area contributed by atoms with E-state index in [0.717, 1.165) is 17.9 Å². The van der Waals surface area contributed by atoms with E-state index in [1.54, 1.807) is 7.11 Å². The topological polar surface area (TPSA) is 18.5 Å². The highest BCUT2D eigenvalue weighted by atomic mass is 16.5. The molecule has 214 valence electrons. The molecule has 0 fully saturated rings. The van der Waals surface area contributed by atoms with Gasteiger partial charge in [0.25, 0.3) is 0 Å². The smallest absolute Gasteiger partial charge is 0.143 e. The van der Waals surface area contributed by atoms with E-state index in [9.17, 15) is 0 Å². The van der Waals surface area contributed by atoms with Crippen molar-refractivity contribution in [2.75, 3.05) is 7.11 Å². The summed E-state index contributed by atoms with van der Waals surface area (Å²) in [6, 6.07) is 20.3. The number of allylic oxidation sites excluding steroid dienone is 7. The largest absolute Gasteiger partial charge is 0.497 e. The zero-order valence-corrected chi connectivity index (χ0v) is 26.5. The van der Waals surface area contributed by atoms with E-state index in [1.165, 1.54) is 11.1 Å². The van der Waals surface area contributed by atoms with Crippen LogP contribution in [0, 0.1) is 5.92 Å². The summed E-state index contributed by atoms with van der Waals surface area (Å²) in [5, 5.41) is 0. The van der Waals surface area contributed by atoms with Gasteiger partial charge >= 0.3 is 0 Å². The molecule has 0 saturated heterocycles. The molecule has 2 atom stereocenters. The number of rotatable bonds is 5. The van der Waals surface area contributed by atoms with Crippen molar-refractivity contribution in [3.63, 3.8) is 0 Å². The van der Waals surface area contributed by atoms with Crippen molar-refractivity contribution in [1.82, 2.24) is 0 Å². The van der Waals surface area contributed by atoms with Crippen LogP contribution in [0.4, 0.5) is 0 Å². The second kappa shape index (κ2) is 19.8. The molecule has 0 heterocycles. The Morgan fingerprint density at radius 2 is 1.36 bits per heavy atom. The van der Waals surface area contributed by atoms with Crippen molar-refractivity contribution in [3.05, 3.63) is 126 Å². The molecule has 0 bridgehead atoms. The Labute approximate surface area is 240 Å². The van der Waals surface area contributed by atoms with Crippen molar-refractivity contribution in [2.24, 2.45) is 5.92 Å². The molecular weight excluding hydrogens is 476 g/mol. The first kappa shape index (κ1) is 35.7. The Kier molecular flexibility index (Phi) is 18.1. The van der Waals surface area contributed by atoms with E-state index >= 15 is 0 Å². The number of hydrogen-bond donors (Lipinski definition) is 0. The summed E-state index contributed by atoms with van der Waals surface area (Å²) in [5.74, 6) is 2.47. The molecule has 0 aliphatic heterocycles. The SMILES string of the molecule is CC.CC.CC.CC1C=CC(OC2(C)C=CC=C(C(C)(C)c3ccccc3)C=C2)=CC1.COc1ccccc1. The molecule has 2 aliphatic carbocycles. The molecule has 2 heteroatoms. The van der Waals surface area contributed by atoms with Gasteiger partial charge in [-0.15, -0.1) is 0 Å². The predicted octanol–water partition coefficient (Wildman–Crippen LogP) is 11.0. The van der Waals surface area contributed by atoms with Gasteiger partial charge in [-0.05, 0) is 66.8 Å². The lowest BCUT2D eigenvalue weighted by atomic mass is 9.77. The van der Waals surface area contributed by atoms with Crippen LogP contribution in [0.5, 0.6) is 5.75 Å². The first-order valence-electron chi connectivity index (χ1n) is 14.6. The Morgan fingerprint density at radius 3 is 1.85 bits per heavy atom. The predicted molar refractivity (Wildman–Crippen MR) is 173 cm³/mol. The lowest BCUT2D eigenvalue weighted by Gasteiger charge is -2.28. The summed E-state index contributed by atoms with van der Waals surface area (Å²) < 4.78 is 11.2. The number of benzene rings is 2. The summed E-state index contributed by atoms with van der Waals surface area (Å²) in [7, 11) is 1.66. The van der Waals surface area contributed by atoms with E-state index in [-0.39, 0.29) is 5.41 Å². The third-order valence-electron chi connectivity index (χ3n) is 6.11. The number of methoxy groups -OCH3 is 1. The quantitative estimate of drug-likeness (QED) is 0.383. The average molecular weight is 531 g/mol. The number of para-hydroxylation sites is 1. The van der Waals surface area contributed by atoms with E-state index < -0.39 is 5.60 Å². The van der Waals surface area contributed by atoms with Gasteiger partial charge in [0.1, 0.15) is 17.1 Å². The van der Waals surface area contributed by atoms with Crippen molar-refractivity contribution in [2.45, 2.75) is 86.7 Å². The highest BCUT2D eigenvalue weighted by molar-refractivity contribution is 5.44. The van der Waals surface area contributed by atoms with Gasteiger partial charge < -0.3 is 9.47 Å². The Bertz CT molecular complexity index is 1040. The molecule has 0 N–H and O–H groups in total. The summed E-state index contributed by atoms with van der Waals surface area (Å²) >= 11 is 0. The van der Waals surface area contributed by atoms with Crippen LogP contribution in [0.15, 0.2) is 121 Å². The molecule has 4 rings (SSSR count). The molecule has 0 aromatic heterocycles. The van der Waals surface area contributed by atoms with Crippen LogP contribution in [0.2, 0.25) is 0 Å². The van der Waals surface area contributed by atoms with Gasteiger partial charge in [0.2, 0.25) is 0 Å². The van der Waals surface area contributed by atoms with Crippen LogP contribution in [0.1, 0.15) is 81.2 Å². The Morgan fingerprint density at radius 1 is 0.795 bits per heavy atom. The van der Waals surface area contributed by atoms with Gasteiger partial charge in [0, 0.05) is 5.41 Å². The molecule has 39 heavy (non-hydrogen) atoms. The Balaban J connectivity index is 0.000000862. The molecular formula is C37H54O2. The maximum Gasteiger partial charge on any atom is 0.143 e. The van der Waals surface area contributed by atoms with E-state index in [1.807, 2.05) is 71.9 Å². The minimum Gasteiger partial charge on any atom is -0.497 e. The van der Waals surface area contributed by atoms with E-state index in [4.69, 9.17) is 9.47 Å². The lowest BCUT2D eigenvalue weighted by Crippen LogP contribution is -2.23. The fraction of sp³-hybridized carbons (Fsp3) is 0.405. The fourth-order valence-electron chi connectivity index (χ4n) is 3.81. The van der Waals surface area contributed by atoms with Crippen molar-refractivity contribution in [1.29, 1.82) is 0 Å². The number of ether oxygens (including phenoxy) is 2. The summed E-state index contributed by atoms with van der Waals surface area (Å²) in [4.78, 5) is 0. The molecule has 0 spiro atoms. The van der Waals surface area contributed by atoms with Crippen molar-refractivity contribution in [3.8, 4) is 5.75 Å². The van der Waals surface area contributed by atoms with Crippen LogP contribution < -0.4 is 4.74 Å². The minimum absolute atomic E-state index is 0.0488. The third-order valence-corrected chi connectivity index (χ3v) is 6.11. The van der Waals surface area contributed by atoms with Gasteiger partial charge in [-0.3, -0.25) is 0 Å². The van der Waals surface area contributed by atoms with E-state index in [2.05, 4.69) is 107 Å². The molecule has 0 radical (unpaired) electrons. The third kappa shape index (κ3) is 12.4. The molecule has 2 aromatic rings. The van der Waals surface area contributed by atoms with Crippen LogP contribution in [0.25, 0.3) is 0 Å². The van der Waals surface area contributed by atoms with Crippen LogP contribution in [0.3, 0.4) is 0 Å². The van der Waals surface area contributed by atoms with Crippen LogP contribution in [-0.2, 0) is 10.2 Å². The molecule has 2 aliphatic rings. The zero-order chi connectivity index (χ0) is 29.7. The fourth-order valence-corrected chi connectivity index (χ4v) is 3.81. The van der Waals surface area contributed by atoms with Gasteiger partial charge in [-0.1, -0.05) is 135 Å². The second-order valence-electron chi connectivity index (χ2n) is 9.29. The standard InChI is InChI=1S/C24H28O.C7H8O.3C2H6/c1-19-12-14-22(15-13-19)25-24(4)17-8-11-21(16-18-24)23(2,3)20-9-6-5-7-10-20;1-8-7-5-3-2-4-6-7;3*1-2/h5-12,14-19H,13H2,1-4H3;2-6H,1H3;3*1-2H3. The van der Waals surface area contributed by atoms with Crippen LogP contribution in [-0.4, -0.2) is 12.7 Å². The normalized spacial score (nSPS) is 18.9. The zero-order valence-electron chi connectivity index (χ0n) is 26.5. The highest BCUT2D eigenvalue weighted by Gasteiger charge is 2.27. The summed E-state index contributed by atoms with van der Waals surface area (Å²) in [5.41, 5.74) is 2.12. The van der Waals surface area contributed by atoms with Crippen LogP contribution >= 0.6 is 0 Å². The lowest BCUT2D eigenvalue weighted by molar-refractivity contribution is 0.111. The summed E-state index contributed by atoms with van der Waals surface area (Å²) in [6.07, 6.45) is 18.4. The molecule has 2 unspecified atom stereocenters. The second-order valence-corrected chi connectivity index (χ2v) is 9.29. The first-order valence-corrected chi connectivity index (χ1v) is 14.6. The van der Waals surface area contributed by atoms with Gasteiger partial charge in [-0.2, -0.15) is 0 Å². The molecule has 2 aromatic carbocycles. The maximum absolute atomic E-state index is 6.28. The van der Waals surface area contributed by atoms with Crippen molar-refractivity contribution >= 4 is 0 Å². The summed E-state index contributed by atoms with van der Waals surface area (Å²) in [6.45, 7) is 20.9. The Hall–Kier alpha value is -3.26. The highest BCUT2D eigenvalue weighted by Crippen LogP contribution is 2.35. The van der Waals surface area contributed by atoms with Crippen molar-refractivity contribution < 1.29 is 9.47 Å². The van der Waals surface area contributed by atoms with E-state index in [0.29, 0.717) is 5.92 Å². The van der Waals surface area contributed by atoms with Gasteiger partial charge in [0.05, 0.1) is 7.11 Å². The van der Waals surface area contributed by atoms with Gasteiger partial charge in [0.15, 0.2) is 0 Å². The minimum atomic E-state index is -0.429. The maximum atomic E-state index is 6.28. The molecule has 2 nitrogen and oxygen atoms in total. The first-order chi connectivity index (χ1) is 18.8. The number of hydrogen-bond acceptors (Lipinski definition) is 2. The average Bonchev–Trinajstić information content (AvgIpc) is 3.20. The molecule has 0 saturated carbocycles.